The Labute approximate surface area is 140 Å². The number of anilines is 1. The number of imide groups is 1. The van der Waals surface area contributed by atoms with E-state index in [2.05, 4.69) is 10.6 Å². The maximum Gasteiger partial charge on any atom is 0.325 e. The van der Waals surface area contributed by atoms with Crippen LogP contribution < -0.4 is 10.6 Å². The van der Waals surface area contributed by atoms with Crippen molar-refractivity contribution in [2.45, 2.75) is 39.2 Å². The molecule has 0 bridgehead atoms. The first-order valence-corrected chi connectivity index (χ1v) is 7.91. The van der Waals surface area contributed by atoms with Gasteiger partial charge in [0.15, 0.2) is 0 Å². The Bertz CT molecular complexity index is 662. The average molecular weight is 335 g/mol. The standard InChI is InChI=1S/C17H22FN3O3/c1-11(2)8-9-17(3)15(23)21(16(24)20-17)10-14(22)19-13-7-5-4-6-12(13)18/h4-7,11H,8-10H2,1-3H3,(H,19,22)(H,20,24)/t17-/m1/s1. The van der Waals surface area contributed by atoms with E-state index in [1.807, 2.05) is 13.8 Å². The van der Waals surface area contributed by atoms with Crippen LogP contribution in [0.1, 0.15) is 33.6 Å². The molecule has 1 aromatic carbocycles. The van der Waals surface area contributed by atoms with Crippen LogP contribution in [0.4, 0.5) is 14.9 Å². The lowest BCUT2D eigenvalue weighted by Gasteiger charge is -2.22. The van der Waals surface area contributed by atoms with Gasteiger partial charge in [-0.3, -0.25) is 14.5 Å². The smallest absolute Gasteiger partial charge is 0.323 e. The Morgan fingerprint density at radius 1 is 1.33 bits per heavy atom. The summed E-state index contributed by atoms with van der Waals surface area (Å²) in [7, 11) is 0. The van der Waals surface area contributed by atoms with Crippen LogP contribution in [-0.2, 0) is 9.59 Å². The number of urea groups is 1. The molecule has 1 aliphatic heterocycles. The molecule has 1 heterocycles. The monoisotopic (exact) mass is 335 g/mol. The van der Waals surface area contributed by atoms with Gasteiger partial charge in [-0.25, -0.2) is 9.18 Å². The molecule has 130 valence electrons. The normalized spacial score (nSPS) is 20.5. The minimum absolute atomic E-state index is 0.0112. The fourth-order valence-corrected chi connectivity index (χ4v) is 2.53. The van der Waals surface area contributed by atoms with Crippen LogP contribution >= 0.6 is 0 Å². The summed E-state index contributed by atoms with van der Waals surface area (Å²) in [6.07, 6.45) is 1.28. The fourth-order valence-electron chi connectivity index (χ4n) is 2.53. The first-order chi connectivity index (χ1) is 11.2. The molecular weight excluding hydrogens is 313 g/mol. The molecule has 1 saturated heterocycles. The van der Waals surface area contributed by atoms with Crippen LogP contribution in [0.2, 0.25) is 0 Å². The lowest BCUT2D eigenvalue weighted by atomic mass is 9.92. The number of nitrogens with one attached hydrogen (secondary N) is 2. The maximum atomic E-state index is 13.5. The molecule has 0 radical (unpaired) electrons. The van der Waals surface area contributed by atoms with Gasteiger partial charge in [-0.15, -0.1) is 0 Å². The van der Waals surface area contributed by atoms with E-state index in [-0.39, 0.29) is 5.69 Å². The quantitative estimate of drug-likeness (QED) is 0.784. The number of hydrogen-bond acceptors (Lipinski definition) is 3. The lowest BCUT2D eigenvalue weighted by Crippen LogP contribution is -2.44. The molecule has 1 atom stereocenters. The molecule has 0 saturated carbocycles. The summed E-state index contributed by atoms with van der Waals surface area (Å²) in [5, 5.41) is 5.02. The van der Waals surface area contributed by atoms with Crippen molar-refractivity contribution in [2.24, 2.45) is 5.92 Å². The van der Waals surface area contributed by atoms with E-state index in [0.29, 0.717) is 12.3 Å². The number of amides is 4. The number of rotatable bonds is 6. The van der Waals surface area contributed by atoms with Crippen LogP contribution in [0.3, 0.4) is 0 Å². The van der Waals surface area contributed by atoms with Crippen molar-refractivity contribution < 1.29 is 18.8 Å². The molecule has 2 N–H and O–H groups in total. The number of carbonyl (C=O) groups excluding carboxylic acids is 3. The predicted molar refractivity (Wildman–Crippen MR) is 87.8 cm³/mol. The number of carbonyl (C=O) groups is 3. The fraction of sp³-hybridized carbons (Fsp3) is 0.471. The van der Waals surface area contributed by atoms with E-state index in [1.165, 1.54) is 18.2 Å². The van der Waals surface area contributed by atoms with Gasteiger partial charge in [0.05, 0.1) is 5.69 Å². The summed E-state index contributed by atoms with van der Waals surface area (Å²) in [6, 6.07) is 5.10. The molecule has 4 amide bonds. The number of halogens is 1. The third-order valence-electron chi connectivity index (χ3n) is 4.02. The molecule has 1 fully saturated rings. The van der Waals surface area contributed by atoms with Gasteiger partial charge >= 0.3 is 6.03 Å². The lowest BCUT2D eigenvalue weighted by molar-refractivity contribution is -0.133. The zero-order valence-corrected chi connectivity index (χ0v) is 14.1. The SMILES string of the molecule is CC(C)CC[C@@]1(C)NC(=O)N(CC(=O)Nc2ccccc2F)C1=O. The zero-order valence-electron chi connectivity index (χ0n) is 14.1. The molecular formula is C17H22FN3O3. The highest BCUT2D eigenvalue weighted by atomic mass is 19.1. The van der Waals surface area contributed by atoms with E-state index in [9.17, 15) is 18.8 Å². The predicted octanol–water partition coefficient (Wildman–Crippen LogP) is 2.51. The van der Waals surface area contributed by atoms with Crippen LogP contribution in [0.25, 0.3) is 0 Å². The van der Waals surface area contributed by atoms with Crippen LogP contribution in [0, 0.1) is 11.7 Å². The van der Waals surface area contributed by atoms with Crippen molar-refractivity contribution in [1.82, 2.24) is 10.2 Å². The minimum atomic E-state index is -1.00. The number of para-hydroxylation sites is 1. The first-order valence-electron chi connectivity index (χ1n) is 7.91. The van der Waals surface area contributed by atoms with Gasteiger partial charge in [-0.05, 0) is 37.8 Å². The summed E-state index contributed by atoms with van der Waals surface area (Å²) in [5.74, 6) is -1.25. The summed E-state index contributed by atoms with van der Waals surface area (Å²) < 4.78 is 13.5. The molecule has 2 rings (SSSR count). The Balaban J connectivity index is 2.02. The molecule has 1 aliphatic rings. The van der Waals surface area contributed by atoms with E-state index in [4.69, 9.17) is 0 Å². The molecule has 0 aliphatic carbocycles. The van der Waals surface area contributed by atoms with Crippen molar-refractivity contribution in [3.05, 3.63) is 30.1 Å². The van der Waals surface area contributed by atoms with Gasteiger partial charge < -0.3 is 10.6 Å². The van der Waals surface area contributed by atoms with Crippen LogP contribution in [0.15, 0.2) is 24.3 Å². The summed E-state index contributed by atoms with van der Waals surface area (Å²) >= 11 is 0. The Kier molecular flexibility index (Phi) is 5.21. The van der Waals surface area contributed by atoms with Crippen molar-refractivity contribution in [1.29, 1.82) is 0 Å². The second-order valence-corrected chi connectivity index (χ2v) is 6.61. The van der Waals surface area contributed by atoms with E-state index in [1.54, 1.807) is 13.0 Å². The van der Waals surface area contributed by atoms with Crippen molar-refractivity contribution in [3.8, 4) is 0 Å². The molecule has 24 heavy (non-hydrogen) atoms. The number of nitrogens with zero attached hydrogens (tertiary/aromatic N) is 1. The van der Waals surface area contributed by atoms with Crippen molar-refractivity contribution >= 4 is 23.5 Å². The topological polar surface area (TPSA) is 78.5 Å². The van der Waals surface area contributed by atoms with Gasteiger partial charge in [0, 0.05) is 0 Å². The van der Waals surface area contributed by atoms with Crippen molar-refractivity contribution in [2.75, 3.05) is 11.9 Å². The number of benzene rings is 1. The van der Waals surface area contributed by atoms with E-state index < -0.39 is 35.7 Å². The van der Waals surface area contributed by atoms with Crippen LogP contribution in [-0.4, -0.2) is 34.8 Å². The third-order valence-corrected chi connectivity index (χ3v) is 4.02. The number of hydrogen-bond donors (Lipinski definition) is 2. The average Bonchev–Trinajstić information content (AvgIpc) is 2.72. The Morgan fingerprint density at radius 2 is 2.00 bits per heavy atom. The summed E-state index contributed by atoms with van der Waals surface area (Å²) in [5.41, 5.74) is -0.989. The summed E-state index contributed by atoms with van der Waals surface area (Å²) in [4.78, 5) is 37.4. The highest BCUT2D eigenvalue weighted by molar-refractivity contribution is 6.09. The maximum absolute atomic E-state index is 13.5. The van der Waals surface area contributed by atoms with Gasteiger partial charge in [0.1, 0.15) is 17.9 Å². The molecule has 7 heteroatoms. The second-order valence-electron chi connectivity index (χ2n) is 6.61. The van der Waals surface area contributed by atoms with E-state index >= 15 is 0 Å². The zero-order chi connectivity index (χ0) is 17.9. The largest absolute Gasteiger partial charge is 0.325 e. The Hall–Kier alpha value is -2.44. The van der Waals surface area contributed by atoms with E-state index in [0.717, 1.165) is 11.3 Å². The first kappa shape index (κ1) is 17.9. The van der Waals surface area contributed by atoms with Gasteiger partial charge in [0.25, 0.3) is 5.91 Å². The molecule has 0 unspecified atom stereocenters. The Morgan fingerprint density at radius 3 is 2.62 bits per heavy atom. The minimum Gasteiger partial charge on any atom is -0.323 e. The van der Waals surface area contributed by atoms with Crippen LogP contribution in [0.5, 0.6) is 0 Å². The third kappa shape index (κ3) is 3.90. The second kappa shape index (κ2) is 6.98. The highest BCUT2D eigenvalue weighted by Gasteiger charge is 2.47. The molecule has 0 spiro atoms. The highest BCUT2D eigenvalue weighted by Crippen LogP contribution is 2.24. The molecule has 1 aromatic rings. The molecule has 6 nitrogen and oxygen atoms in total. The van der Waals surface area contributed by atoms with Gasteiger partial charge in [-0.1, -0.05) is 26.0 Å². The van der Waals surface area contributed by atoms with Crippen molar-refractivity contribution in [3.63, 3.8) is 0 Å². The van der Waals surface area contributed by atoms with Gasteiger partial charge in [0.2, 0.25) is 5.91 Å². The molecule has 0 aromatic heterocycles. The summed E-state index contributed by atoms with van der Waals surface area (Å²) in [6.45, 7) is 5.27. The van der Waals surface area contributed by atoms with Gasteiger partial charge in [-0.2, -0.15) is 0 Å².